The van der Waals surface area contributed by atoms with Crippen molar-refractivity contribution in [3.8, 4) is 5.69 Å². The number of benzene rings is 8. The number of alkyl halides is 1. The molecule has 1 atom stereocenters. The zero-order chi connectivity index (χ0) is 42.4. The van der Waals surface area contributed by atoms with E-state index in [1.54, 1.807) is 0 Å². The second kappa shape index (κ2) is 14.2. The molecule has 0 radical (unpaired) electrons. The normalized spacial score (nSPS) is 13.7. The number of hydrogen-bond acceptors (Lipinski definition) is 3. The predicted molar refractivity (Wildman–Crippen MR) is 264 cm³/mol. The van der Waals surface area contributed by atoms with E-state index in [0.29, 0.717) is 11.1 Å². The Morgan fingerprint density at radius 3 is 1.91 bits per heavy atom. The summed E-state index contributed by atoms with van der Waals surface area (Å²) in [7, 11) is -3.17. The van der Waals surface area contributed by atoms with Crippen molar-refractivity contribution in [2.45, 2.75) is 6.17 Å². The van der Waals surface area contributed by atoms with Crippen LogP contribution in [0.3, 0.4) is 0 Å². The third-order valence-corrected chi connectivity index (χ3v) is 18.2. The molecule has 0 spiro atoms. The molecule has 12 aromatic rings. The van der Waals surface area contributed by atoms with Gasteiger partial charge in [-0.25, -0.2) is 14.4 Å². The van der Waals surface area contributed by atoms with Gasteiger partial charge in [-0.05, 0) is 80.6 Å². The van der Waals surface area contributed by atoms with Crippen LogP contribution in [0.5, 0.6) is 0 Å². The number of rotatable bonds is 6. The van der Waals surface area contributed by atoms with E-state index in [4.69, 9.17) is 9.97 Å². The summed E-state index contributed by atoms with van der Waals surface area (Å²) in [5.41, 5.74) is 8.16. The molecule has 302 valence electrons. The molecule has 0 aliphatic carbocycles. The first-order valence-corrected chi connectivity index (χ1v) is 23.7. The fourth-order valence-corrected chi connectivity index (χ4v) is 16.0. The van der Waals surface area contributed by atoms with Crippen LogP contribution < -0.4 is 25.6 Å². The van der Waals surface area contributed by atoms with Crippen LogP contribution in [0.1, 0.15) is 17.3 Å². The highest BCUT2D eigenvalue weighted by Crippen LogP contribution is 2.43. The third-order valence-electron chi connectivity index (χ3n) is 13.4. The Hall–Kier alpha value is -8.13. The van der Waals surface area contributed by atoms with Gasteiger partial charge in [0.05, 0.1) is 22.7 Å². The van der Waals surface area contributed by atoms with Gasteiger partial charge in [0.1, 0.15) is 11.5 Å². The molecule has 1 unspecified atom stereocenters. The third kappa shape index (κ3) is 5.16. The molecule has 0 fully saturated rings. The highest BCUT2D eigenvalue weighted by Gasteiger charge is 2.51. The zero-order valence-corrected chi connectivity index (χ0v) is 35.6. The van der Waals surface area contributed by atoms with Gasteiger partial charge in [0.25, 0.3) is 0 Å². The van der Waals surface area contributed by atoms with Crippen molar-refractivity contribution < 1.29 is 4.39 Å². The molecule has 13 rings (SSSR count). The number of halogens is 1. The number of para-hydroxylation sites is 4. The molecule has 1 aliphatic heterocycles. The molecule has 5 heterocycles. The van der Waals surface area contributed by atoms with Crippen LogP contribution >= 0.6 is 0 Å². The van der Waals surface area contributed by atoms with E-state index in [0.717, 1.165) is 66.6 Å². The van der Waals surface area contributed by atoms with Gasteiger partial charge < -0.3 is 4.57 Å². The Morgan fingerprint density at radius 2 is 1.12 bits per heavy atom. The largest absolute Gasteiger partial charge is 0.308 e. The van der Waals surface area contributed by atoms with Crippen LogP contribution in [0.25, 0.3) is 54.8 Å². The maximum absolute atomic E-state index is 17.4. The molecule has 0 saturated heterocycles. The van der Waals surface area contributed by atoms with Gasteiger partial charge in [-0.2, -0.15) is 0 Å². The van der Waals surface area contributed by atoms with Crippen LogP contribution in [0.4, 0.5) is 21.6 Å². The highest BCUT2D eigenvalue weighted by atomic mass is 28.3. The lowest BCUT2D eigenvalue weighted by Crippen LogP contribution is -2.77. The minimum Gasteiger partial charge on any atom is -0.308 e. The van der Waals surface area contributed by atoms with Gasteiger partial charge in [0.2, 0.25) is 0 Å². The summed E-state index contributed by atoms with van der Waals surface area (Å²) in [6, 6.07) is 72.5. The van der Waals surface area contributed by atoms with Crippen molar-refractivity contribution in [3.63, 3.8) is 0 Å². The molecule has 4 aromatic heterocycles. The fourth-order valence-electron chi connectivity index (χ4n) is 10.7. The van der Waals surface area contributed by atoms with E-state index < -0.39 is 14.2 Å². The molecule has 1 aliphatic rings. The van der Waals surface area contributed by atoms with E-state index in [2.05, 4.69) is 172 Å². The van der Waals surface area contributed by atoms with Gasteiger partial charge in [-0.3, -0.25) is 9.30 Å². The lowest BCUT2D eigenvalue weighted by Gasteiger charge is -2.44. The molecule has 8 aromatic carbocycles. The number of pyridine rings is 2. The Bertz CT molecular complexity index is 3730. The van der Waals surface area contributed by atoms with Gasteiger partial charge in [-0.1, -0.05) is 158 Å². The van der Waals surface area contributed by atoms with Crippen molar-refractivity contribution in [1.29, 1.82) is 0 Å². The fraction of sp³-hybridized carbons (Fsp3) is 0.0175. The van der Waals surface area contributed by atoms with E-state index in [1.165, 1.54) is 26.1 Å². The second-order valence-electron chi connectivity index (χ2n) is 16.6. The van der Waals surface area contributed by atoms with Crippen molar-refractivity contribution in [1.82, 2.24) is 18.9 Å². The molecular formula is C57H38FN5Si. The number of hydrogen-bond donors (Lipinski definition) is 0. The first-order chi connectivity index (χ1) is 31.7. The van der Waals surface area contributed by atoms with E-state index in [1.807, 2.05) is 67.1 Å². The van der Waals surface area contributed by atoms with Crippen molar-refractivity contribution >= 4 is 95.1 Å². The average Bonchev–Trinajstić information content (AvgIpc) is 4.00. The minimum atomic E-state index is -3.17. The van der Waals surface area contributed by atoms with E-state index in [-0.39, 0.29) is 0 Å². The Balaban J connectivity index is 1.08. The maximum atomic E-state index is 17.4. The second-order valence-corrected chi connectivity index (χ2v) is 20.3. The lowest BCUT2D eigenvalue weighted by atomic mass is 9.97. The molecule has 7 heteroatoms. The van der Waals surface area contributed by atoms with Gasteiger partial charge in [0, 0.05) is 56.2 Å². The summed E-state index contributed by atoms with van der Waals surface area (Å²) in [4.78, 5) is 12.6. The quantitative estimate of drug-likeness (QED) is 0.124. The number of aromatic nitrogens is 4. The molecule has 64 heavy (non-hydrogen) atoms. The number of fused-ring (bicyclic) bond motifs is 12. The minimum absolute atomic E-state index is 0.568. The molecule has 0 amide bonds. The van der Waals surface area contributed by atoms with Crippen LogP contribution in [0, 0.1) is 0 Å². The van der Waals surface area contributed by atoms with Crippen LogP contribution in [0.2, 0.25) is 0 Å². The smallest absolute Gasteiger partial charge is 0.187 e. The predicted octanol–water partition coefficient (Wildman–Crippen LogP) is 11.4. The monoisotopic (exact) mass is 839 g/mol. The highest BCUT2D eigenvalue weighted by molar-refractivity contribution is 7.22. The standard InChI is InChI=1S/C57H38FN5Si/c58-54(39-31-32-44-45-25-10-12-27-48(45)61-34-33-59-56(61)47(44)36-39)38-17-16-20-41(35-38)63-50-29-14-15-30-52(50)64(42-21-6-2-7-22-42,43-23-8-3-9-24-43)55-53-46-26-11-13-28-49(46)62(40-18-4-1-5-19-40)51(53)37-60-57(55)63/h1-37,54H. The van der Waals surface area contributed by atoms with Gasteiger partial charge in [0.15, 0.2) is 14.2 Å². The summed E-state index contributed by atoms with van der Waals surface area (Å²) >= 11 is 0. The van der Waals surface area contributed by atoms with Crippen molar-refractivity contribution in [3.05, 3.63) is 236 Å². The molecule has 0 bridgehead atoms. The zero-order valence-electron chi connectivity index (χ0n) is 34.6. The summed E-state index contributed by atoms with van der Waals surface area (Å²) < 4.78 is 21.9. The molecule has 0 N–H and O–H groups in total. The summed E-state index contributed by atoms with van der Waals surface area (Å²) in [5, 5.41) is 10.4. The lowest BCUT2D eigenvalue weighted by molar-refractivity contribution is 0.402. The van der Waals surface area contributed by atoms with Gasteiger partial charge in [-0.15, -0.1) is 0 Å². The number of imidazole rings is 1. The van der Waals surface area contributed by atoms with Crippen LogP contribution in [0.15, 0.2) is 225 Å². The Kier molecular flexibility index (Phi) is 8.10. The molecule has 5 nitrogen and oxygen atoms in total. The van der Waals surface area contributed by atoms with Crippen LogP contribution in [-0.2, 0) is 0 Å². The van der Waals surface area contributed by atoms with E-state index >= 15 is 4.39 Å². The number of anilines is 3. The Labute approximate surface area is 369 Å². The average molecular weight is 840 g/mol. The molecule has 0 saturated carbocycles. The Morgan fingerprint density at radius 1 is 0.484 bits per heavy atom. The van der Waals surface area contributed by atoms with Crippen LogP contribution in [-0.4, -0.2) is 27.0 Å². The maximum Gasteiger partial charge on any atom is 0.187 e. The van der Waals surface area contributed by atoms with Gasteiger partial charge >= 0.3 is 0 Å². The first kappa shape index (κ1) is 36.5. The van der Waals surface area contributed by atoms with Crippen molar-refractivity contribution in [2.24, 2.45) is 0 Å². The van der Waals surface area contributed by atoms with Crippen molar-refractivity contribution in [2.75, 3.05) is 4.90 Å². The summed E-state index contributed by atoms with van der Waals surface area (Å²) in [6.07, 6.45) is 4.44. The number of nitrogens with zero attached hydrogens (tertiary/aromatic N) is 5. The summed E-state index contributed by atoms with van der Waals surface area (Å²) in [5.74, 6) is 0.855. The first-order valence-electron chi connectivity index (χ1n) is 21.7. The SMILES string of the molecule is FC(c1cccc(N2c3ccccc3[Si](c3ccccc3)(c3ccccc3)c3c2ncc2c3c3ccccc3n2-c2ccccc2)c1)c1ccc2c3ccccc3n3ccnc3c2c1. The topological polar surface area (TPSA) is 38.4 Å². The summed E-state index contributed by atoms with van der Waals surface area (Å²) in [6.45, 7) is 0. The van der Waals surface area contributed by atoms with E-state index in [9.17, 15) is 0 Å². The molecular weight excluding hydrogens is 802 g/mol.